The second kappa shape index (κ2) is 4.37. The summed E-state index contributed by atoms with van der Waals surface area (Å²) in [7, 11) is 1.63. The molecule has 4 nitrogen and oxygen atoms in total. The highest BCUT2D eigenvalue weighted by atomic mass is 16.5. The monoisotopic (exact) mass is 217 g/mol. The molecule has 0 aliphatic rings. The van der Waals surface area contributed by atoms with Crippen LogP contribution in [0.15, 0.2) is 30.3 Å². The van der Waals surface area contributed by atoms with E-state index in [0.29, 0.717) is 12.4 Å². The largest absolute Gasteiger partial charge is 0.481 e. The maximum absolute atomic E-state index is 5.69. The van der Waals surface area contributed by atoms with Gasteiger partial charge in [0.1, 0.15) is 0 Å². The second-order valence-corrected chi connectivity index (χ2v) is 3.52. The van der Waals surface area contributed by atoms with Crippen LogP contribution in [0.1, 0.15) is 11.3 Å². The molecule has 0 unspecified atom stereocenters. The van der Waals surface area contributed by atoms with Crippen LogP contribution >= 0.6 is 0 Å². The summed E-state index contributed by atoms with van der Waals surface area (Å²) in [5.41, 5.74) is 8.52. The molecule has 84 valence electrons. The van der Waals surface area contributed by atoms with E-state index in [-0.39, 0.29) is 0 Å². The van der Waals surface area contributed by atoms with Crippen molar-refractivity contribution in [3.8, 4) is 11.6 Å². The van der Waals surface area contributed by atoms with E-state index in [1.807, 2.05) is 37.3 Å². The van der Waals surface area contributed by atoms with Crippen molar-refractivity contribution in [2.75, 3.05) is 7.11 Å². The SMILES string of the molecule is COc1c(CN)c(C)nn1-c1ccccc1. The van der Waals surface area contributed by atoms with Gasteiger partial charge in [-0.3, -0.25) is 0 Å². The molecule has 0 bridgehead atoms. The highest BCUT2D eigenvalue weighted by molar-refractivity contribution is 5.40. The van der Waals surface area contributed by atoms with E-state index in [1.54, 1.807) is 11.8 Å². The lowest BCUT2D eigenvalue weighted by Crippen LogP contribution is -2.02. The summed E-state index contributed by atoms with van der Waals surface area (Å²) in [6.07, 6.45) is 0. The zero-order valence-corrected chi connectivity index (χ0v) is 9.47. The minimum Gasteiger partial charge on any atom is -0.481 e. The fourth-order valence-corrected chi connectivity index (χ4v) is 1.73. The normalized spacial score (nSPS) is 10.4. The molecular formula is C12H15N3O. The summed E-state index contributed by atoms with van der Waals surface area (Å²) in [6.45, 7) is 2.37. The third-order valence-corrected chi connectivity index (χ3v) is 2.54. The lowest BCUT2D eigenvalue weighted by atomic mass is 10.2. The van der Waals surface area contributed by atoms with Crippen molar-refractivity contribution in [2.24, 2.45) is 5.73 Å². The van der Waals surface area contributed by atoms with Crippen molar-refractivity contribution in [1.82, 2.24) is 9.78 Å². The van der Waals surface area contributed by atoms with Gasteiger partial charge in [-0.05, 0) is 19.1 Å². The number of hydrogen-bond acceptors (Lipinski definition) is 3. The van der Waals surface area contributed by atoms with E-state index in [2.05, 4.69) is 5.10 Å². The number of hydrogen-bond donors (Lipinski definition) is 1. The molecule has 0 spiro atoms. The van der Waals surface area contributed by atoms with Gasteiger partial charge in [-0.1, -0.05) is 18.2 Å². The summed E-state index contributed by atoms with van der Waals surface area (Å²) in [5.74, 6) is 0.714. The van der Waals surface area contributed by atoms with Gasteiger partial charge in [0.25, 0.3) is 0 Å². The summed E-state index contributed by atoms with van der Waals surface area (Å²) in [6, 6.07) is 9.86. The lowest BCUT2D eigenvalue weighted by molar-refractivity contribution is 0.379. The minimum atomic E-state index is 0.432. The topological polar surface area (TPSA) is 53.1 Å². The third-order valence-electron chi connectivity index (χ3n) is 2.54. The van der Waals surface area contributed by atoms with E-state index < -0.39 is 0 Å². The van der Waals surface area contributed by atoms with E-state index >= 15 is 0 Å². The molecule has 2 rings (SSSR count). The van der Waals surface area contributed by atoms with Crippen molar-refractivity contribution in [1.29, 1.82) is 0 Å². The van der Waals surface area contributed by atoms with Crippen LogP contribution in [0.25, 0.3) is 5.69 Å². The first-order valence-corrected chi connectivity index (χ1v) is 5.16. The lowest BCUT2D eigenvalue weighted by Gasteiger charge is -2.06. The third kappa shape index (κ3) is 1.67. The number of nitrogens with two attached hydrogens (primary N) is 1. The molecule has 0 amide bonds. The molecule has 1 heterocycles. The predicted molar refractivity (Wildman–Crippen MR) is 62.7 cm³/mol. The zero-order chi connectivity index (χ0) is 11.5. The van der Waals surface area contributed by atoms with E-state index in [0.717, 1.165) is 16.9 Å². The molecule has 1 aromatic carbocycles. The Labute approximate surface area is 94.6 Å². The van der Waals surface area contributed by atoms with Gasteiger partial charge in [-0.2, -0.15) is 5.10 Å². The molecule has 4 heteroatoms. The number of methoxy groups -OCH3 is 1. The van der Waals surface area contributed by atoms with Gasteiger partial charge in [0, 0.05) is 6.54 Å². The average Bonchev–Trinajstić information content (AvgIpc) is 2.66. The molecule has 2 aromatic rings. The van der Waals surface area contributed by atoms with Crippen LogP contribution in [-0.4, -0.2) is 16.9 Å². The van der Waals surface area contributed by atoms with Crippen LogP contribution in [0.5, 0.6) is 5.88 Å². The van der Waals surface area contributed by atoms with Gasteiger partial charge in [0.2, 0.25) is 5.88 Å². The summed E-state index contributed by atoms with van der Waals surface area (Å²) in [5, 5.41) is 4.43. The number of nitrogens with zero attached hydrogens (tertiary/aromatic N) is 2. The van der Waals surface area contributed by atoms with E-state index in [4.69, 9.17) is 10.5 Å². The Hall–Kier alpha value is -1.81. The van der Waals surface area contributed by atoms with Gasteiger partial charge in [-0.25, -0.2) is 4.68 Å². The Morgan fingerprint density at radius 3 is 2.56 bits per heavy atom. The molecule has 0 saturated carbocycles. The highest BCUT2D eigenvalue weighted by Crippen LogP contribution is 2.24. The molecule has 0 atom stereocenters. The molecule has 0 aliphatic heterocycles. The van der Waals surface area contributed by atoms with Crippen molar-refractivity contribution < 1.29 is 4.74 Å². The van der Waals surface area contributed by atoms with Gasteiger partial charge < -0.3 is 10.5 Å². The van der Waals surface area contributed by atoms with Crippen LogP contribution in [-0.2, 0) is 6.54 Å². The number of rotatable bonds is 3. The first kappa shape index (κ1) is 10.7. The number of aryl methyl sites for hydroxylation is 1. The number of benzene rings is 1. The Kier molecular flexibility index (Phi) is 2.92. The molecule has 2 N–H and O–H groups in total. The molecule has 0 radical (unpaired) electrons. The van der Waals surface area contributed by atoms with Gasteiger partial charge in [0.05, 0.1) is 24.1 Å². The molecular weight excluding hydrogens is 202 g/mol. The zero-order valence-electron chi connectivity index (χ0n) is 9.47. The highest BCUT2D eigenvalue weighted by Gasteiger charge is 2.15. The molecule has 1 aromatic heterocycles. The Morgan fingerprint density at radius 1 is 1.31 bits per heavy atom. The van der Waals surface area contributed by atoms with Crippen LogP contribution in [0, 0.1) is 6.92 Å². The smallest absolute Gasteiger partial charge is 0.221 e. The Balaban J connectivity index is 2.57. The van der Waals surface area contributed by atoms with E-state index in [9.17, 15) is 0 Å². The maximum Gasteiger partial charge on any atom is 0.221 e. The standard InChI is InChI=1S/C12H15N3O/c1-9-11(8-13)12(16-2)15(14-9)10-6-4-3-5-7-10/h3-7H,8,13H2,1-2H3. The summed E-state index contributed by atoms with van der Waals surface area (Å²) in [4.78, 5) is 0. The molecule has 16 heavy (non-hydrogen) atoms. The fourth-order valence-electron chi connectivity index (χ4n) is 1.73. The van der Waals surface area contributed by atoms with Gasteiger partial charge in [0.15, 0.2) is 0 Å². The second-order valence-electron chi connectivity index (χ2n) is 3.52. The molecule has 0 saturated heterocycles. The predicted octanol–water partition coefficient (Wildman–Crippen LogP) is 1.65. The van der Waals surface area contributed by atoms with Crippen molar-refractivity contribution in [3.63, 3.8) is 0 Å². The van der Waals surface area contributed by atoms with Crippen molar-refractivity contribution in [3.05, 3.63) is 41.6 Å². The van der Waals surface area contributed by atoms with Crippen molar-refractivity contribution in [2.45, 2.75) is 13.5 Å². The van der Waals surface area contributed by atoms with E-state index in [1.165, 1.54) is 0 Å². The van der Waals surface area contributed by atoms with Crippen LogP contribution in [0.3, 0.4) is 0 Å². The van der Waals surface area contributed by atoms with Crippen LogP contribution < -0.4 is 10.5 Å². The van der Waals surface area contributed by atoms with Gasteiger partial charge >= 0.3 is 0 Å². The Bertz CT molecular complexity index is 477. The number of para-hydroxylation sites is 1. The van der Waals surface area contributed by atoms with Crippen molar-refractivity contribution >= 4 is 0 Å². The quantitative estimate of drug-likeness (QED) is 0.850. The van der Waals surface area contributed by atoms with Crippen LogP contribution in [0.4, 0.5) is 0 Å². The molecule has 0 fully saturated rings. The van der Waals surface area contributed by atoms with Gasteiger partial charge in [-0.15, -0.1) is 0 Å². The fraction of sp³-hybridized carbons (Fsp3) is 0.250. The number of aromatic nitrogens is 2. The van der Waals surface area contributed by atoms with Crippen LogP contribution in [0.2, 0.25) is 0 Å². The first-order valence-electron chi connectivity index (χ1n) is 5.16. The first-order chi connectivity index (χ1) is 7.77. The summed E-state index contributed by atoms with van der Waals surface area (Å²) >= 11 is 0. The number of ether oxygens (including phenoxy) is 1. The molecule has 0 aliphatic carbocycles. The average molecular weight is 217 g/mol. The Morgan fingerprint density at radius 2 is 2.00 bits per heavy atom. The minimum absolute atomic E-state index is 0.432. The summed E-state index contributed by atoms with van der Waals surface area (Å²) < 4.78 is 7.14. The maximum atomic E-state index is 5.69.